The first-order valence-corrected chi connectivity index (χ1v) is 11.0. The molecule has 0 spiro atoms. The minimum atomic E-state index is -1.10. The topological polar surface area (TPSA) is 102 Å². The number of amides is 2. The molecule has 1 aliphatic heterocycles. The van der Waals surface area contributed by atoms with E-state index in [9.17, 15) is 19.5 Å². The lowest BCUT2D eigenvalue weighted by atomic mass is 10.0. The van der Waals surface area contributed by atoms with E-state index in [1.807, 2.05) is 30.3 Å². The maximum Gasteiger partial charge on any atom is 0.418 e. The maximum absolute atomic E-state index is 12.9. The summed E-state index contributed by atoms with van der Waals surface area (Å²) in [4.78, 5) is 38.8. The fourth-order valence-corrected chi connectivity index (χ4v) is 3.45. The molecule has 0 aliphatic carbocycles. The Bertz CT molecular complexity index is 1070. The molecule has 0 fully saturated rings. The van der Waals surface area contributed by atoms with Gasteiger partial charge in [-0.1, -0.05) is 42.5 Å². The number of hydrogen-bond donors (Lipinski definition) is 1. The van der Waals surface area contributed by atoms with Crippen molar-refractivity contribution in [3.05, 3.63) is 77.1 Å². The predicted molar refractivity (Wildman–Crippen MR) is 124 cm³/mol. The first-order chi connectivity index (χ1) is 16.1. The van der Waals surface area contributed by atoms with E-state index in [-0.39, 0.29) is 13.0 Å². The quantitative estimate of drug-likeness (QED) is 0.478. The van der Waals surface area contributed by atoms with Crippen molar-refractivity contribution in [3.8, 4) is 5.75 Å². The molecule has 0 unspecified atom stereocenters. The van der Waals surface area contributed by atoms with E-state index in [0.717, 1.165) is 16.0 Å². The third-order valence-electron chi connectivity index (χ3n) is 4.99. The molecule has 1 aliphatic rings. The summed E-state index contributed by atoms with van der Waals surface area (Å²) in [6, 6.07) is 15.7. The van der Waals surface area contributed by atoms with Gasteiger partial charge in [0.1, 0.15) is 29.8 Å². The summed E-state index contributed by atoms with van der Waals surface area (Å²) in [5.74, 6) is -1.80. The van der Waals surface area contributed by atoms with Gasteiger partial charge in [-0.3, -0.25) is 4.79 Å². The lowest BCUT2D eigenvalue weighted by Gasteiger charge is -2.27. The summed E-state index contributed by atoms with van der Waals surface area (Å²) in [6.07, 6.45) is -0.866. The Morgan fingerprint density at radius 1 is 1.00 bits per heavy atom. The molecule has 1 N–H and O–H groups in total. The summed E-state index contributed by atoms with van der Waals surface area (Å²) in [5, 5.41) is 10.7. The molecule has 180 valence electrons. The van der Waals surface area contributed by atoms with Gasteiger partial charge in [-0.25, -0.2) is 14.5 Å². The van der Waals surface area contributed by atoms with E-state index in [0.29, 0.717) is 12.4 Å². The minimum absolute atomic E-state index is 0.0183. The molecule has 0 saturated carbocycles. The molecule has 2 aromatic rings. The van der Waals surface area contributed by atoms with Crippen LogP contribution >= 0.6 is 0 Å². The van der Waals surface area contributed by atoms with Crippen molar-refractivity contribution in [1.82, 2.24) is 4.90 Å². The highest BCUT2D eigenvalue weighted by Gasteiger charge is 2.48. The third-order valence-corrected chi connectivity index (χ3v) is 4.99. The first kappa shape index (κ1) is 24.8. The normalized spacial score (nSPS) is 15.9. The van der Waals surface area contributed by atoms with Crippen LogP contribution in [0.5, 0.6) is 5.75 Å². The fraction of sp³-hybridized carbons (Fsp3) is 0.346. The number of hydrogen-bond acceptors (Lipinski definition) is 7. The number of aliphatic hydroxyl groups excluding tert-OH is 1. The number of carbonyl (C=O) groups is 3. The second-order valence-electron chi connectivity index (χ2n) is 8.77. The minimum Gasteiger partial charge on any atom is -0.509 e. The first-order valence-electron chi connectivity index (χ1n) is 11.0. The summed E-state index contributed by atoms with van der Waals surface area (Å²) in [7, 11) is 0. The SMILES string of the molecule is CCOC(=O)C1=C(O)[C@H](Cc2ccc(OCc3ccccc3)cc2)N(C(=O)OC(C)(C)C)C1=O. The van der Waals surface area contributed by atoms with Crippen molar-refractivity contribution in [2.45, 2.75) is 52.4 Å². The zero-order chi connectivity index (χ0) is 24.9. The van der Waals surface area contributed by atoms with Crippen LogP contribution in [0.15, 0.2) is 65.9 Å². The molecular weight excluding hydrogens is 438 g/mol. The van der Waals surface area contributed by atoms with Crippen LogP contribution in [0.4, 0.5) is 4.79 Å². The van der Waals surface area contributed by atoms with Gasteiger partial charge in [0.05, 0.1) is 6.61 Å². The standard InChI is InChI=1S/C26H29NO7/c1-5-32-24(30)21-22(28)20(27(23(21)29)25(31)34-26(2,3)4)15-17-11-13-19(14-12-17)33-16-18-9-7-6-8-10-18/h6-14,20,28H,5,15-16H2,1-4H3/t20-/m0/s1. The monoisotopic (exact) mass is 467 g/mol. The number of imide groups is 1. The number of carbonyl (C=O) groups excluding carboxylic acids is 3. The van der Waals surface area contributed by atoms with Crippen molar-refractivity contribution < 1.29 is 33.7 Å². The number of nitrogens with zero attached hydrogens (tertiary/aromatic N) is 1. The molecule has 1 atom stereocenters. The Balaban J connectivity index is 1.79. The van der Waals surface area contributed by atoms with Gasteiger partial charge in [-0.15, -0.1) is 0 Å². The Morgan fingerprint density at radius 2 is 1.65 bits per heavy atom. The summed E-state index contributed by atoms with van der Waals surface area (Å²) in [5.41, 5.74) is 0.322. The molecule has 0 bridgehead atoms. The van der Waals surface area contributed by atoms with E-state index < -0.39 is 40.9 Å². The van der Waals surface area contributed by atoms with E-state index >= 15 is 0 Å². The molecule has 8 nitrogen and oxygen atoms in total. The number of benzene rings is 2. The average Bonchev–Trinajstić information content (AvgIpc) is 3.02. The number of esters is 1. The molecule has 0 saturated heterocycles. The van der Waals surface area contributed by atoms with Crippen molar-refractivity contribution >= 4 is 18.0 Å². The summed E-state index contributed by atoms with van der Waals surface area (Å²) in [6.45, 7) is 7.00. The van der Waals surface area contributed by atoms with E-state index in [2.05, 4.69) is 0 Å². The van der Waals surface area contributed by atoms with Gasteiger partial charge < -0.3 is 19.3 Å². The Morgan fingerprint density at radius 3 is 2.24 bits per heavy atom. The van der Waals surface area contributed by atoms with Gasteiger partial charge in [-0.05, 0) is 51.0 Å². The summed E-state index contributed by atoms with van der Waals surface area (Å²) >= 11 is 0. The van der Waals surface area contributed by atoms with Crippen LogP contribution in [0.2, 0.25) is 0 Å². The van der Waals surface area contributed by atoms with Gasteiger partial charge in [0, 0.05) is 6.42 Å². The highest BCUT2D eigenvalue weighted by atomic mass is 16.6. The molecule has 2 aromatic carbocycles. The lowest BCUT2D eigenvalue weighted by Crippen LogP contribution is -2.45. The highest BCUT2D eigenvalue weighted by Crippen LogP contribution is 2.30. The molecule has 0 radical (unpaired) electrons. The molecule has 34 heavy (non-hydrogen) atoms. The van der Waals surface area contributed by atoms with E-state index in [4.69, 9.17) is 14.2 Å². The van der Waals surface area contributed by atoms with Gasteiger partial charge >= 0.3 is 12.1 Å². The Kier molecular flexibility index (Phi) is 7.61. The lowest BCUT2D eigenvalue weighted by molar-refractivity contribution is -0.141. The van der Waals surface area contributed by atoms with Crippen molar-refractivity contribution in [1.29, 1.82) is 0 Å². The smallest absolute Gasteiger partial charge is 0.418 e. The van der Waals surface area contributed by atoms with E-state index in [1.54, 1.807) is 52.0 Å². The van der Waals surface area contributed by atoms with Crippen LogP contribution in [-0.2, 0) is 32.1 Å². The van der Waals surface area contributed by atoms with Crippen molar-refractivity contribution in [2.75, 3.05) is 6.61 Å². The zero-order valence-corrected chi connectivity index (χ0v) is 19.7. The van der Waals surface area contributed by atoms with Crippen molar-refractivity contribution in [3.63, 3.8) is 0 Å². The largest absolute Gasteiger partial charge is 0.509 e. The number of rotatable bonds is 7. The Labute approximate surface area is 198 Å². The third kappa shape index (κ3) is 5.95. The second kappa shape index (κ2) is 10.4. The fourth-order valence-electron chi connectivity index (χ4n) is 3.45. The molecule has 8 heteroatoms. The molecule has 1 heterocycles. The maximum atomic E-state index is 12.9. The average molecular weight is 468 g/mol. The summed E-state index contributed by atoms with van der Waals surface area (Å²) < 4.78 is 16.0. The predicted octanol–water partition coefficient (Wildman–Crippen LogP) is 4.33. The van der Waals surface area contributed by atoms with Crippen molar-refractivity contribution in [2.24, 2.45) is 0 Å². The van der Waals surface area contributed by atoms with Crippen LogP contribution in [0.1, 0.15) is 38.8 Å². The number of ether oxygens (including phenoxy) is 3. The highest BCUT2D eigenvalue weighted by molar-refractivity contribution is 6.22. The molecular formula is C26H29NO7. The zero-order valence-electron chi connectivity index (χ0n) is 19.7. The second-order valence-corrected chi connectivity index (χ2v) is 8.77. The van der Waals surface area contributed by atoms with Crippen LogP contribution < -0.4 is 4.74 Å². The van der Waals surface area contributed by atoms with Gasteiger partial charge in [-0.2, -0.15) is 0 Å². The van der Waals surface area contributed by atoms with Crippen LogP contribution in [0.3, 0.4) is 0 Å². The van der Waals surface area contributed by atoms with Crippen LogP contribution in [0, 0.1) is 0 Å². The Hall–Kier alpha value is -3.81. The number of aliphatic hydroxyl groups is 1. The van der Waals surface area contributed by atoms with E-state index in [1.165, 1.54) is 0 Å². The van der Waals surface area contributed by atoms with Gasteiger partial charge in [0.2, 0.25) is 0 Å². The van der Waals surface area contributed by atoms with Gasteiger partial charge in [0.15, 0.2) is 5.57 Å². The molecule has 2 amide bonds. The van der Waals surface area contributed by atoms with Crippen LogP contribution in [0.25, 0.3) is 0 Å². The molecule has 0 aromatic heterocycles. The molecule has 3 rings (SSSR count). The van der Waals surface area contributed by atoms with Crippen LogP contribution in [-0.4, -0.2) is 46.2 Å². The van der Waals surface area contributed by atoms with Gasteiger partial charge in [0.25, 0.3) is 5.91 Å².